The molecule has 0 saturated carbocycles. The van der Waals surface area contributed by atoms with Crippen LogP contribution in [0, 0.1) is 0 Å². The van der Waals surface area contributed by atoms with Gasteiger partial charge >= 0.3 is 0 Å². The predicted molar refractivity (Wildman–Crippen MR) is 94.0 cm³/mol. The van der Waals surface area contributed by atoms with E-state index in [0.717, 1.165) is 30.9 Å². The molecule has 0 fully saturated rings. The summed E-state index contributed by atoms with van der Waals surface area (Å²) in [6.45, 7) is 4.13. The van der Waals surface area contributed by atoms with E-state index in [1.54, 1.807) is 0 Å². The number of rotatable bonds is 5. The van der Waals surface area contributed by atoms with Gasteiger partial charge in [-0.15, -0.1) is 11.3 Å². The Morgan fingerprint density at radius 2 is 1.81 bits per heavy atom. The molecule has 0 unspecified atom stereocenters. The molecular weight excluding hydrogens is 276 g/mol. The number of hydrogen-bond donors (Lipinski definition) is 1. The van der Waals surface area contributed by atoms with Gasteiger partial charge in [-0.25, -0.2) is 0 Å². The van der Waals surface area contributed by atoms with Gasteiger partial charge in [0.2, 0.25) is 0 Å². The molecule has 0 radical (unpaired) electrons. The van der Waals surface area contributed by atoms with Gasteiger partial charge in [0, 0.05) is 17.8 Å². The summed E-state index contributed by atoms with van der Waals surface area (Å²) in [5.74, 6) is 0. The maximum absolute atomic E-state index is 6.15. The molecule has 2 nitrogen and oxygen atoms in total. The van der Waals surface area contributed by atoms with E-state index >= 15 is 0 Å². The number of hydrogen-bond acceptors (Lipinski definition) is 3. The second kappa shape index (κ2) is 6.19. The Balaban J connectivity index is 1.94. The van der Waals surface area contributed by atoms with Crippen molar-refractivity contribution in [2.75, 3.05) is 17.2 Å². The van der Waals surface area contributed by atoms with E-state index in [-0.39, 0.29) is 0 Å². The Morgan fingerprint density at radius 1 is 1.05 bits per heavy atom. The number of thiophene rings is 1. The number of nitrogens with zero attached hydrogens (tertiary/aromatic N) is 1. The van der Waals surface area contributed by atoms with Crippen LogP contribution in [-0.4, -0.2) is 6.54 Å². The minimum Gasteiger partial charge on any atom is -0.397 e. The van der Waals surface area contributed by atoms with E-state index in [2.05, 4.69) is 53.6 Å². The average Bonchev–Trinajstić information content (AvgIpc) is 2.91. The quantitative estimate of drug-likeness (QED) is 0.678. The molecule has 1 heterocycles. The Bertz CT molecular complexity index is 733. The highest BCUT2D eigenvalue weighted by atomic mass is 32.1. The predicted octanol–water partition coefficient (Wildman–Crippen LogP) is 4.90. The largest absolute Gasteiger partial charge is 0.397 e. The number of nitrogens with two attached hydrogens (primary N) is 1. The second-order valence-corrected chi connectivity index (χ2v) is 6.15. The van der Waals surface area contributed by atoms with E-state index in [1.807, 2.05) is 23.5 Å². The third-order valence-electron chi connectivity index (χ3n) is 3.69. The van der Waals surface area contributed by atoms with Crippen LogP contribution in [0.15, 0.2) is 53.9 Å². The maximum atomic E-state index is 6.15. The minimum absolute atomic E-state index is 0.852. The van der Waals surface area contributed by atoms with Crippen molar-refractivity contribution in [2.45, 2.75) is 19.9 Å². The van der Waals surface area contributed by atoms with Crippen LogP contribution in [0.1, 0.15) is 18.9 Å². The van der Waals surface area contributed by atoms with E-state index in [9.17, 15) is 0 Å². The molecule has 3 aromatic rings. The third kappa shape index (κ3) is 2.88. The molecule has 21 heavy (non-hydrogen) atoms. The van der Waals surface area contributed by atoms with Crippen LogP contribution in [-0.2, 0) is 6.54 Å². The summed E-state index contributed by atoms with van der Waals surface area (Å²) in [6, 6.07) is 16.7. The van der Waals surface area contributed by atoms with Crippen molar-refractivity contribution in [3.8, 4) is 0 Å². The van der Waals surface area contributed by atoms with Crippen LogP contribution in [0.5, 0.6) is 0 Å². The van der Waals surface area contributed by atoms with Gasteiger partial charge in [0.05, 0.1) is 11.4 Å². The van der Waals surface area contributed by atoms with Crippen LogP contribution < -0.4 is 10.6 Å². The first kappa shape index (κ1) is 14.0. The number of nitrogen functional groups attached to an aromatic ring is 1. The smallest absolute Gasteiger partial charge is 0.0602 e. The van der Waals surface area contributed by atoms with E-state index in [1.165, 1.54) is 15.6 Å². The molecule has 0 aliphatic carbocycles. The van der Waals surface area contributed by atoms with Gasteiger partial charge in [-0.05, 0) is 40.9 Å². The van der Waals surface area contributed by atoms with Crippen molar-refractivity contribution < 1.29 is 0 Å². The summed E-state index contributed by atoms with van der Waals surface area (Å²) in [6.07, 6.45) is 1.11. The van der Waals surface area contributed by atoms with Crippen molar-refractivity contribution in [3.05, 3.63) is 59.5 Å². The molecule has 0 aliphatic rings. The molecule has 0 saturated heterocycles. The number of para-hydroxylation sites is 2. The molecule has 0 bridgehead atoms. The summed E-state index contributed by atoms with van der Waals surface area (Å²) in [5, 5.41) is 3.63. The third-order valence-corrected chi connectivity index (χ3v) is 4.71. The van der Waals surface area contributed by atoms with Crippen LogP contribution in [0.4, 0.5) is 11.4 Å². The van der Waals surface area contributed by atoms with E-state index in [0.29, 0.717) is 0 Å². The molecule has 3 rings (SSSR count). The van der Waals surface area contributed by atoms with Crippen molar-refractivity contribution in [1.82, 2.24) is 0 Å². The zero-order valence-corrected chi connectivity index (χ0v) is 13.1. The normalized spacial score (nSPS) is 10.9. The van der Waals surface area contributed by atoms with Crippen LogP contribution in [0.25, 0.3) is 10.1 Å². The van der Waals surface area contributed by atoms with Crippen molar-refractivity contribution in [3.63, 3.8) is 0 Å². The van der Waals surface area contributed by atoms with Gasteiger partial charge < -0.3 is 10.6 Å². The first-order valence-corrected chi connectivity index (χ1v) is 8.22. The first-order valence-electron chi connectivity index (χ1n) is 7.34. The molecule has 1 aromatic heterocycles. The summed E-state index contributed by atoms with van der Waals surface area (Å²) >= 11 is 1.82. The highest BCUT2D eigenvalue weighted by Gasteiger charge is 2.12. The van der Waals surface area contributed by atoms with Gasteiger partial charge in [-0.3, -0.25) is 0 Å². The SMILES string of the molecule is CCCN(Cc1csc2ccccc12)c1ccccc1N. The van der Waals surface area contributed by atoms with Crippen molar-refractivity contribution in [2.24, 2.45) is 0 Å². The van der Waals surface area contributed by atoms with E-state index in [4.69, 9.17) is 5.73 Å². The number of benzene rings is 2. The van der Waals surface area contributed by atoms with E-state index < -0.39 is 0 Å². The fourth-order valence-corrected chi connectivity index (χ4v) is 3.64. The molecule has 2 aromatic carbocycles. The lowest BCUT2D eigenvalue weighted by Crippen LogP contribution is -2.24. The topological polar surface area (TPSA) is 29.3 Å². The zero-order valence-electron chi connectivity index (χ0n) is 12.3. The number of anilines is 2. The number of fused-ring (bicyclic) bond motifs is 1. The molecular formula is C18H20N2S. The molecule has 2 N–H and O–H groups in total. The lowest BCUT2D eigenvalue weighted by atomic mass is 10.1. The van der Waals surface area contributed by atoms with Gasteiger partial charge in [-0.2, -0.15) is 0 Å². The summed E-state index contributed by atoms with van der Waals surface area (Å²) in [4.78, 5) is 2.38. The van der Waals surface area contributed by atoms with Crippen molar-refractivity contribution >= 4 is 32.8 Å². The van der Waals surface area contributed by atoms with Crippen LogP contribution >= 0.6 is 11.3 Å². The molecule has 0 amide bonds. The summed E-state index contributed by atoms with van der Waals surface area (Å²) in [7, 11) is 0. The minimum atomic E-state index is 0.852. The maximum Gasteiger partial charge on any atom is 0.0602 e. The lowest BCUT2D eigenvalue weighted by Gasteiger charge is -2.25. The molecule has 0 atom stereocenters. The Kier molecular flexibility index (Phi) is 4.11. The van der Waals surface area contributed by atoms with Gasteiger partial charge in [0.15, 0.2) is 0 Å². The first-order chi connectivity index (χ1) is 10.3. The Morgan fingerprint density at radius 3 is 2.62 bits per heavy atom. The molecule has 0 spiro atoms. The summed E-state index contributed by atoms with van der Waals surface area (Å²) in [5.41, 5.74) is 9.52. The monoisotopic (exact) mass is 296 g/mol. The lowest BCUT2D eigenvalue weighted by molar-refractivity contribution is 0.772. The zero-order chi connectivity index (χ0) is 14.7. The highest BCUT2D eigenvalue weighted by Crippen LogP contribution is 2.30. The van der Waals surface area contributed by atoms with Crippen LogP contribution in [0.3, 0.4) is 0 Å². The second-order valence-electron chi connectivity index (χ2n) is 5.24. The molecule has 3 heteroatoms. The highest BCUT2D eigenvalue weighted by molar-refractivity contribution is 7.17. The Labute approximate surface area is 129 Å². The fraction of sp³-hybridized carbons (Fsp3) is 0.222. The van der Waals surface area contributed by atoms with Crippen molar-refractivity contribution in [1.29, 1.82) is 0 Å². The van der Waals surface area contributed by atoms with Gasteiger partial charge in [0.25, 0.3) is 0 Å². The van der Waals surface area contributed by atoms with Gasteiger partial charge in [-0.1, -0.05) is 37.3 Å². The van der Waals surface area contributed by atoms with Gasteiger partial charge in [0.1, 0.15) is 0 Å². The van der Waals surface area contributed by atoms with Crippen LogP contribution in [0.2, 0.25) is 0 Å². The summed E-state index contributed by atoms with van der Waals surface area (Å²) < 4.78 is 1.35. The average molecular weight is 296 g/mol. The molecule has 0 aliphatic heterocycles. The fourth-order valence-electron chi connectivity index (χ4n) is 2.69. The molecule has 108 valence electrons. The Hall–Kier alpha value is -2.00. The standard InChI is InChI=1S/C18H20N2S/c1-2-11-20(17-9-5-4-8-16(17)19)12-14-13-21-18-10-6-3-7-15(14)18/h3-10,13H,2,11-12,19H2,1H3.